The first-order chi connectivity index (χ1) is 3.73. The van der Waals surface area contributed by atoms with Crippen LogP contribution in [0.4, 0.5) is 0 Å². The number of hydrogen-bond acceptors (Lipinski definition) is 3. The summed E-state index contributed by atoms with van der Waals surface area (Å²) in [6.45, 7) is 0. The zero-order chi connectivity index (χ0) is 8.08. The molecule has 9 heavy (non-hydrogen) atoms. The summed E-state index contributed by atoms with van der Waals surface area (Å²) in [5.74, 6) is 0. The van der Waals surface area contributed by atoms with Gasteiger partial charge >= 0.3 is 10.3 Å². The Balaban J connectivity index is 0. The van der Waals surface area contributed by atoms with Crippen LogP contribution in [0.2, 0.25) is 0 Å². The minimum atomic E-state index is -4.17. The molecule has 0 aliphatic rings. The van der Waals surface area contributed by atoms with Gasteiger partial charge in [-0.25, -0.2) is 5.14 Å². The van der Waals surface area contributed by atoms with Crippen molar-refractivity contribution in [2.24, 2.45) is 5.14 Å². The molecule has 0 aliphatic carbocycles. The number of aliphatic hydroxyl groups is 1. The van der Waals surface area contributed by atoms with Gasteiger partial charge in [-0.3, -0.25) is 4.55 Å². The van der Waals surface area contributed by atoms with Crippen molar-refractivity contribution in [1.82, 2.24) is 0 Å². The highest BCUT2D eigenvalue weighted by Crippen LogP contribution is 1.68. The summed E-state index contributed by atoms with van der Waals surface area (Å²) in [6, 6.07) is 0. The second-order valence-corrected chi connectivity index (χ2v) is 2.94. The molecule has 0 atom stereocenters. The quantitative estimate of drug-likeness (QED) is 0.235. The smallest absolute Gasteiger partial charge is 0.330 e. The van der Waals surface area contributed by atoms with E-state index in [0.717, 1.165) is 0 Å². The van der Waals surface area contributed by atoms with Crippen molar-refractivity contribution in [1.29, 1.82) is 0 Å². The van der Waals surface area contributed by atoms with E-state index >= 15 is 0 Å². The molecule has 0 fully saturated rings. The highest BCUT2D eigenvalue weighted by molar-refractivity contribution is 8.10. The molecule has 0 spiro atoms. The van der Waals surface area contributed by atoms with E-state index in [0.29, 0.717) is 0 Å². The van der Waals surface area contributed by atoms with Crippen LogP contribution in [0.25, 0.3) is 0 Å². The van der Waals surface area contributed by atoms with E-state index in [4.69, 9.17) is 18.1 Å². The van der Waals surface area contributed by atoms with Crippen molar-refractivity contribution < 1.29 is 18.1 Å². The Labute approximate surface area is 63.2 Å². The van der Waals surface area contributed by atoms with Crippen LogP contribution in [0.15, 0.2) is 0 Å². The zero-order valence-corrected chi connectivity index (χ0v) is 6.58. The summed E-state index contributed by atoms with van der Waals surface area (Å²) in [7, 11) is -4.17. The van der Waals surface area contributed by atoms with E-state index in [9.17, 15) is 0 Å². The lowest BCUT2D eigenvalue weighted by molar-refractivity contribution is 0.485. The van der Waals surface area contributed by atoms with Gasteiger partial charge in [0.2, 0.25) is 4.38 Å². The van der Waals surface area contributed by atoms with Gasteiger partial charge in [0.15, 0.2) is 0 Å². The third kappa shape index (κ3) is 25000. The van der Waals surface area contributed by atoms with Gasteiger partial charge in [0.05, 0.1) is 0 Å². The third-order valence-electron chi connectivity index (χ3n) is 0. The fourth-order valence-corrected chi connectivity index (χ4v) is 0. The van der Waals surface area contributed by atoms with Gasteiger partial charge in [-0.05, 0) is 12.2 Å². The molecule has 0 heterocycles. The molecule has 0 aromatic carbocycles. The van der Waals surface area contributed by atoms with Crippen LogP contribution in [0.3, 0.4) is 0 Å². The Morgan fingerprint density at radius 3 is 1.67 bits per heavy atom. The van der Waals surface area contributed by atoms with E-state index < -0.39 is 10.3 Å². The molecule has 0 rings (SSSR count). The number of thiocarbonyl (C=S) groups is 1. The Morgan fingerprint density at radius 1 is 1.67 bits per heavy atom. The largest absolute Gasteiger partial charge is 0.494 e. The maximum Gasteiger partial charge on any atom is 0.330 e. The molecule has 4 N–H and O–H groups in total. The van der Waals surface area contributed by atoms with Gasteiger partial charge in [-0.15, -0.1) is 0 Å². The van der Waals surface area contributed by atoms with Crippen LogP contribution >= 0.6 is 24.8 Å². The first-order valence-electron chi connectivity index (χ1n) is 1.40. The van der Waals surface area contributed by atoms with Gasteiger partial charge in [-0.1, -0.05) is 12.6 Å². The van der Waals surface area contributed by atoms with Crippen LogP contribution in [-0.4, -0.2) is 22.5 Å². The van der Waals surface area contributed by atoms with E-state index in [2.05, 4.69) is 30.0 Å². The maximum atomic E-state index is 8.97. The van der Waals surface area contributed by atoms with Crippen LogP contribution in [0.1, 0.15) is 0 Å². The second-order valence-electron chi connectivity index (χ2n) is 0.798. The molecule has 0 bridgehead atoms. The first kappa shape index (κ1) is 11.9. The number of hydrogen-bond donors (Lipinski definition) is 4. The highest BCUT2D eigenvalue weighted by atomic mass is 32.2. The minimum Gasteiger partial charge on any atom is -0.494 e. The number of rotatable bonds is 0. The Bertz CT molecular complexity index is 158. The van der Waals surface area contributed by atoms with E-state index in [-0.39, 0.29) is 4.38 Å². The number of nitrogens with two attached hydrogens (primary N) is 1. The summed E-state index contributed by atoms with van der Waals surface area (Å²) in [6.07, 6.45) is 0. The summed E-state index contributed by atoms with van der Waals surface area (Å²) in [4.78, 5) is 0. The molecule has 0 amide bonds. The Morgan fingerprint density at radius 2 is 1.67 bits per heavy atom. The molecular formula is CH5NO4S3. The predicted molar refractivity (Wildman–Crippen MR) is 39.9 cm³/mol. The van der Waals surface area contributed by atoms with Gasteiger partial charge < -0.3 is 5.11 Å². The predicted octanol–water partition coefficient (Wildman–Crippen LogP) is -0.493. The van der Waals surface area contributed by atoms with Crippen molar-refractivity contribution in [2.75, 3.05) is 0 Å². The summed E-state index contributed by atoms with van der Waals surface area (Å²) in [5.41, 5.74) is 0. The molecule has 8 heteroatoms. The standard InChI is InChI=1S/CH2OS2.H3NO3S/c2-1(3)4;1-5(2,3)4/h(H2,2,3,4);(H3,1,2,3,4). The normalized spacial score (nSPS) is 9.22. The van der Waals surface area contributed by atoms with Gasteiger partial charge in [0.25, 0.3) is 0 Å². The molecule has 0 aromatic rings. The SMILES string of the molecule is NS(=O)(=O)O.OC(=S)S. The fraction of sp³-hybridized carbons (Fsp3) is 0. The average molecular weight is 191 g/mol. The third-order valence-corrected chi connectivity index (χ3v) is 0. The topological polar surface area (TPSA) is 101 Å². The van der Waals surface area contributed by atoms with Crippen molar-refractivity contribution in [2.45, 2.75) is 0 Å². The van der Waals surface area contributed by atoms with Gasteiger partial charge in [0, 0.05) is 0 Å². The number of thiol groups is 1. The van der Waals surface area contributed by atoms with Gasteiger partial charge in [0.1, 0.15) is 0 Å². The molecule has 0 saturated carbocycles. The van der Waals surface area contributed by atoms with Gasteiger partial charge in [-0.2, -0.15) is 8.42 Å². The van der Waals surface area contributed by atoms with Crippen LogP contribution in [-0.2, 0) is 10.3 Å². The maximum absolute atomic E-state index is 8.97. The zero-order valence-electron chi connectivity index (χ0n) is 4.05. The molecule has 5 nitrogen and oxygen atoms in total. The van der Waals surface area contributed by atoms with Crippen molar-refractivity contribution >= 4 is 39.5 Å². The Kier molecular flexibility index (Phi) is 6.51. The summed E-state index contributed by atoms with van der Waals surface area (Å²) < 4.78 is 24.9. The van der Waals surface area contributed by atoms with Crippen molar-refractivity contribution in [3.8, 4) is 0 Å². The van der Waals surface area contributed by atoms with E-state index in [1.165, 1.54) is 0 Å². The van der Waals surface area contributed by atoms with Crippen molar-refractivity contribution in [3.63, 3.8) is 0 Å². The lowest BCUT2D eigenvalue weighted by atomic mass is 11.7. The van der Waals surface area contributed by atoms with E-state index in [1.54, 1.807) is 0 Å². The highest BCUT2D eigenvalue weighted by Gasteiger charge is 1.81. The molecule has 0 radical (unpaired) electrons. The fourth-order valence-electron chi connectivity index (χ4n) is 0. The molecule has 56 valence electrons. The summed E-state index contributed by atoms with van der Waals surface area (Å²) >= 11 is 7.21. The van der Waals surface area contributed by atoms with Crippen molar-refractivity contribution in [3.05, 3.63) is 0 Å². The second kappa shape index (κ2) is 4.94. The Hall–Kier alpha value is 0.110. The minimum absolute atomic E-state index is 0.306. The lowest BCUT2D eigenvalue weighted by Crippen LogP contribution is -2.08. The molecule has 0 saturated heterocycles. The van der Waals surface area contributed by atoms with Crippen LogP contribution in [0.5, 0.6) is 0 Å². The molecule has 0 aromatic heterocycles. The van der Waals surface area contributed by atoms with Crippen LogP contribution in [0, 0.1) is 0 Å². The average Bonchev–Trinajstić information content (AvgIpc) is 1.19. The summed E-state index contributed by atoms with van der Waals surface area (Å²) in [5, 5.41) is 11.5. The molecule has 0 unspecified atom stereocenters. The van der Waals surface area contributed by atoms with Crippen LogP contribution < -0.4 is 5.14 Å². The molecular weight excluding hydrogens is 186 g/mol. The lowest BCUT2D eigenvalue weighted by Gasteiger charge is -1.70. The van der Waals surface area contributed by atoms with E-state index in [1.807, 2.05) is 0 Å². The first-order valence-corrected chi connectivity index (χ1v) is 3.76. The number of aliphatic hydroxyl groups excluding tert-OH is 1. The molecule has 0 aliphatic heterocycles. The monoisotopic (exact) mass is 191 g/mol.